The van der Waals surface area contributed by atoms with Crippen molar-refractivity contribution in [1.29, 1.82) is 0 Å². The van der Waals surface area contributed by atoms with E-state index in [1.165, 1.54) is 6.07 Å². The zero-order valence-electron chi connectivity index (χ0n) is 14.5. The maximum absolute atomic E-state index is 11.6. The molecule has 0 spiro atoms. The van der Waals surface area contributed by atoms with Crippen molar-refractivity contribution in [3.63, 3.8) is 0 Å². The summed E-state index contributed by atoms with van der Waals surface area (Å²) in [5.74, 6) is -1.95. The summed E-state index contributed by atoms with van der Waals surface area (Å²) in [7, 11) is 0. The van der Waals surface area contributed by atoms with E-state index in [4.69, 9.17) is 4.74 Å². The fourth-order valence-corrected chi connectivity index (χ4v) is 2.25. The van der Waals surface area contributed by atoms with Crippen LogP contribution in [0.5, 0.6) is 0 Å². The quantitative estimate of drug-likeness (QED) is 0.259. The van der Waals surface area contributed by atoms with Crippen LogP contribution in [0, 0.1) is 20.2 Å². The summed E-state index contributed by atoms with van der Waals surface area (Å²) in [6, 6.07) is 3.20. The zero-order valence-corrected chi connectivity index (χ0v) is 14.5. The topological polar surface area (TPSA) is 171 Å². The average molecular weight is 396 g/mol. The lowest BCUT2D eigenvalue weighted by Gasteiger charge is -2.12. The van der Waals surface area contributed by atoms with Gasteiger partial charge in [0.2, 0.25) is 0 Å². The van der Waals surface area contributed by atoms with Crippen LogP contribution < -0.4 is 5.32 Å². The molecule has 0 radical (unpaired) electrons. The Labute approximate surface area is 157 Å². The van der Waals surface area contributed by atoms with E-state index in [1.807, 2.05) is 0 Å². The predicted octanol–water partition coefficient (Wildman–Crippen LogP) is 0.929. The van der Waals surface area contributed by atoms with Crippen molar-refractivity contribution in [1.82, 2.24) is 5.06 Å². The first-order valence-electron chi connectivity index (χ1n) is 8.10. The van der Waals surface area contributed by atoms with Crippen molar-refractivity contribution >= 4 is 34.8 Å². The lowest BCUT2D eigenvalue weighted by Crippen LogP contribution is -2.32. The molecule has 1 N–H and O–H groups in total. The molecule has 0 atom stereocenters. The summed E-state index contributed by atoms with van der Waals surface area (Å²) in [6.07, 6.45) is -0.194. The van der Waals surface area contributed by atoms with Gasteiger partial charge in [-0.05, 0) is 6.07 Å². The molecular weight excluding hydrogens is 380 g/mol. The van der Waals surface area contributed by atoms with E-state index in [0.717, 1.165) is 12.1 Å². The summed E-state index contributed by atoms with van der Waals surface area (Å²) in [5, 5.41) is 24.8. The van der Waals surface area contributed by atoms with Gasteiger partial charge in [-0.1, -0.05) is 0 Å². The number of rotatable bonds is 10. The number of non-ortho nitro benzene ring substituents is 1. The largest absolute Gasteiger partial charge is 0.379 e. The zero-order chi connectivity index (χ0) is 20.7. The van der Waals surface area contributed by atoms with Crippen LogP contribution in [0.2, 0.25) is 0 Å². The fourth-order valence-electron chi connectivity index (χ4n) is 2.25. The first kappa shape index (κ1) is 20.7. The Bertz CT molecular complexity index is 795. The summed E-state index contributed by atoms with van der Waals surface area (Å²) >= 11 is 0. The second-order valence-corrected chi connectivity index (χ2v) is 5.55. The molecule has 1 aliphatic rings. The number of anilines is 1. The number of hydroxylamine groups is 2. The van der Waals surface area contributed by atoms with Gasteiger partial charge in [0.15, 0.2) is 0 Å². The van der Waals surface area contributed by atoms with Crippen molar-refractivity contribution in [2.75, 3.05) is 25.1 Å². The number of benzene rings is 1. The molecular formula is C15H16N4O9. The Hall–Kier alpha value is -3.61. The lowest BCUT2D eigenvalue weighted by molar-refractivity contribution is -0.393. The van der Waals surface area contributed by atoms with Gasteiger partial charge in [0.1, 0.15) is 5.69 Å². The molecule has 2 rings (SSSR count). The maximum Gasteiger partial charge on any atom is 0.335 e. The number of nitro groups is 2. The monoisotopic (exact) mass is 396 g/mol. The number of ether oxygens (including phenoxy) is 1. The number of nitrogens with one attached hydrogen (secondary N) is 1. The van der Waals surface area contributed by atoms with Crippen LogP contribution >= 0.6 is 0 Å². The number of imide groups is 1. The van der Waals surface area contributed by atoms with Gasteiger partial charge in [0.25, 0.3) is 23.2 Å². The van der Waals surface area contributed by atoms with Crippen LogP contribution in [0.3, 0.4) is 0 Å². The number of carbonyl (C=O) groups excluding carboxylic acids is 3. The van der Waals surface area contributed by atoms with Gasteiger partial charge in [0.05, 0.1) is 35.5 Å². The summed E-state index contributed by atoms with van der Waals surface area (Å²) in [6.45, 7) is 0.152. The highest BCUT2D eigenvalue weighted by molar-refractivity contribution is 6.01. The highest BCUT2D eigenvalue weighted by Gasteiger charge is 2.32. The Balaban J connectivity index is 1.71. The van der Waals surface area contributed by atoms with Crippen molar-refractivity contribution in [3.05, 3.63) is 38.4 Å². The van der Waals surface area contributed by atoms with E-state index in [-0.39, 0.29) is 44.7 Å². The van der Waals surface area contributed by atoms with E-state index in [0.29, 0.717) is 5.06 Å². The summed E-state index contributed by atoms with van der Waals surface area (Å²) < 4.78 is 5.18. The van der Waals surface area contributed by atoms with Gasteiger partial charge in [-0.25, -0.2) is 4.79 Å². The minimum atomic E-state index is -0.803. The molecule has 28 heavy (non-hydrogen) atoms. The second-order valence-electron chi connectivity index (χ2n) is 5.55. The standard InChI is InChI=1S/C15H16N4O9/c20-13-3-4-14(21)17(13)28-15(22)5-7-27-8-6-16-11-2-1-10(18(23)24)9-12(11)19(25)26/h1-2,9,16H,3-8H2. The van der Waals surface area contributed by atoms with Gasteiger partial charge in [-0.2, -0.15) is 0 Å². The van der Waals surface area contributed by atoms with E-state index in [9.17, 15) is 34.6 Å². The minimum Gasteiger partial charge on any atom is -0.379 e. The molecule has 1 fully saturated rings. The summed E-state index contributed by atoms with van der Waals surface area (Å²) in [4.78, 5) is 59.0. The van der Waals surface area contributed by atoms with Crippen molar-refractivity contribution < 1.29 is 33.8 Å². The SMILES string of the molecule is O=C(CCOCCNc1ccc([N+](=O)[O-])cc1[N+](=O)[O-])ON1C(=O)CCC1=O. The van der Waals surface area contributed by atoms with Crippen molar-refractivity contribution in [3.8, 4) is 0 Å². The van der Waals surface area contributed by atoms with Crippen molar-refractivity contribution in [2.24, 2.45) is 0 Å². The van der Waals surface area contributed by atoms with E-state index in [2.05, 4.69) is 10.2 Å². The Morgan fingerprint density at radius 2 is 1.79 bits per heavy atom. The summed E-state index contributed by atoms with van der Waals surface area (Å²) in [5.41, 5.74) is -0.760. The molecule has 2 amide bonds. The maximum atomic E-state index is 11.6. The number of hydrogen-bond acceptors (Lipinski definition) is 10. The molecule has 1 aromatic rings. The van der Waals surface area contributed by atoms with Crippen LogP contribution in [0.4, 0.5) is 17.1 Å². The lowest BCUT2D eigenvalue weighted by atomic mass is 10.2. The number of carbonyl (C=O) groups is 3. The Morgan fingerprint density at radius 1 is 1.11 bits per heavy atom. The number of hydrogen-bond donors (Lipinski definition) is 1. The second kappa shape index (κ2) is 9.36. The third-order valence-electron chi connectivity index (χ3n) is 3.60. The van der Waals surface area contributed by atoms with Gasteiger partial charge < -0.3 is 14.9 Å². The molecule has 150 valence electrons. The van der Waals surface area contributed by atoms with E-state index >= 15 is 0 Å². The third kappa shape index (κ3) is 5.44. The first-order chi connectivity index (χ1) is 13.3. The molecule has 1 saturated heterocycles. The van der Waals surface area contributed by atoms with Gasteiger partial charge in [-0.15, -0.1) is 5.06 Å². The molecule has 13 nitrogen and oxygen atoms in total. The molecule has 0 aliphatic carbocycles. The minimum absolute atomic E-state index is 0.00304. The van der Waals surface area contributed by atoms with Crippen LogP contribution in [0.15, 0.2) is 18.2 Å². The highest BCUT2D eigenvalue weighted by Crippen LogP contribution is 2.28. The van der Waals surface area contributed by atoms with Crippen LogP contribution in [0.1, 0.15) is 19.3 Å². The first-order valence-corrected chi connectivity index (χ1v) is 8.10. The molecule has 1 aliphatic heterocycles. The fraction of sp³-hybridized carbons (Fsp3) is 0.400. The van der Waals surface area contributed by atoms with E-state index in [1.54, 1.807) is 0 Å². The van der Waals surface area contributed by atoms with Crippen LogP contribution in [-0.4, -0.2) is 52.5 Å². The molecule has 0 bridgehead atoms. The van der Waals surface area contributed by atoms with Crippen LogP contribution in [-0.2, 0) is 24.0 Å². The predicted molar refractivity (Wildman–Crippen MR) is 90.9 cm³/mol. The Kier molecular flexibility index (Phi) is 6.92. The average Bonchev–Trinajstić information content (AvgIpc) is 2.96. The third-order valence-corrected chi connectivity index (χ3v) is 3.60. The molecule has 13 heteroatoms. The number of nitrogens with zero attached hydrogens (tertiary/aromatic N) is 3. The smallest absolute Gasteiger partial charge is 0.335 e. The van der Waals surface area contributed by atoms with Gasteiger partial charge >= 0.3 is 5.97 Å². The number of nitro benzene ring substituents is 2. The molecule has 0 saturated carbocycles. The van der Waals surface area contributed by atoms with Crippen LogP contribution in [0.25, 0.3) is 0 Å². The molecule has 0 aromatic heterocycles. The highest BCUT2D eigenvalue weighted by atomic mass is 16.7. The van der Waals surface area contributed by atoms with E-state index < -0.39 is 39.0 Å². The van der Waals surface area contributed by atoms with Gasteiger partial charge in [-0.3, -0.25) is 29.8 Å². The van der Waals surface area contributed by atoms with Crippen molar-refractivity contribution in [2.45, 2.75) is 19.3 Å². The molecule has 1 aromatic carbocycles. The molecule has 0 unspecified atom stereocenters. The van der Waals surface area contributed by atoms with Gasteiger partial charge in [0, 0.05) is 25.5 Å². The Morgan fingerprint density at radius 3 is 2.39 bits per heavy atom. The number of amides is 2. The molecule has 1 heterocycles. The normalized spacial score (nSPS) is 13.5.